The Kier molecular flexibility index (Phi) is 29.0. The summed E-state index contributed by atoms with van der Waals surface area (Å²) in [4.78, 5) is 22.7. The molecule has 0 aromatic heterocycles. The van der Waals surface area contributed by atoms with Crippen LogP contribution >= 0.6 is 7.60 Å². The van der Waals surface area contributed by atoms with Crippen LogP contribution < -0.4 is 0 Å². The third kappa shape index (κ3) is 24.1. The molecule has 2 N–H and O–H groups in total. The number of rotatable bonds is 36. The third-order valence-corrected chi connectivity index (χ3v) is 14.5. The van der Waals surface area contributed by atoms with Crippen LogP contribution in [0.2, 0.25) is 0 Å². The van der Waals surface area contributed by atoms with Gasteiger partial charge in [-0.25, -0.2) is 0 Å². The topological polar surface area (TPSA) is 57.5 Å². The van der Waals surface area contributed by atoms with E-state index in [9.17, 15) is 14.4 Å². The van der Waals surface area contributed by atoms with Gasteiger partial charge in [-0.05, 0) is 40.4 Å². The van der Waals surface area contributed by atoms with Crippen LogP contribution in [0.3, 0.4) is 0 Å². The minimum atomic E-state index is -4.45. The van der Waals surface area contributed by atoms with Gasteiger partial charge in [0.15, 0.2) is 0 Å². The van der Waals surface area contributed by atoms with Gasteiger partial charge in [0.25, 0.3) is 0 Å². The Labute approximate surface area is 345 Å². The fourth-order valence-electron chi connectivity index (χ4n) is 8.57. The lowest BCUT2D eigenvalue weighted by Crippen LogP contribution is -2.29. The first-order valence-corrected chi connectivity index (χ1v) is 26.0. The predicted molar refractivity (Wildman–Crippen MR) is 246 cm³/mol. The molecule has 0 radical (unpaired) electrons. The van der Waals surface area contributed by atoms with E-state index in [1.54, 1.807) is 0 Å². The molecule has 0 aliphatic rings. The molecule has 0 aliphatic carbocycles. The van der Waals surface area contributed by atoms with Gasteiger partial charge in [0, 0.05) is 0 Å². The van der Waals surface area contributed by atoms with Crippen LogP contribution in [0.5, 0.6) is 0 Å². The highest BCUT2D eigenvalue weighted by molar-refractivity contribution is 7.53. The van der Waals surface area contributed by atoms with Gasteiger partial charge >= 0.3 is 7.60 Å². The summed E-state index contributed by atoms with van der Waals surface area (Å²) >= 11 is 0. The van der Waals surface area contributed by atoms with Crippen molar-refractivity contribution in [2.24, 2.45) is 0 Å². The molecule has 0 spiro atoms. The van der Waals surface area contributed by atoms with Gasteiger partial charge in [0.2, 0.25) is 0 Å². The van der Waals surface area contributed by atoms with Crippen LogP contribution in [0.4, 0.5) is 0 Å². The van der Waals surface area contributed by atoms with E-state index in [2.05, 4.69) is 73.6 Å². The maximum absolute atomic E-state index is 13.9. The number of hydrogen-bond donors (Lipinski definition) is 2. The normalized spacial score (nSPS) is 12.9. The Morgan fingerprint density at radius 1 is 0.364 bits per heavy atom. The number of unbranched alkanes of at least 4 members (excludes halogenated alkanes) is 30. The van der Waals surface area contributed by atoms with Gasteiger partial charge in [0.05, 0.1) is 5.16 Å². The highest BCUT2D eigenvalue weighted by Gasteiger charge is 2.48. The van der Waals surface area contributed by atoms with Crippen molar-refractivity contribution >= 4 is 7.60 Å². The van der Waals surface area contributed by atoms with Crippen molar-refractivity contribution < 1.29 is 14.4 Å². The van der Waals surface area contributed by atoms with Gasteiger partial charge < -0.3 is 9.79 Å². The van der Waals surface area contributed by atoms with Crippen molar-refractivity contribution in [3.63, 3.8) is 0 Å². The summed E-state index contributed by atoms with van der Waals surface area (Å²) in [6.07, 6.45) is 43.0. The zero-order valence-electron chi connectivity index (χ0n) is 38.5. The summed E-state index contributed by atoms with van der Waals surface area (Å²) in [6.45, 7) is 17.9. The molecule has 0 amide bonds. The van der Waals surface area contributed by atoms with E-state index in [4.69, 9.17) is 0 Å². The van der Waals surface area contributed by atoms with Crippen molar-refractivity contribution in [1.29, 1.82) is 0 Å². The minimum Gasteiger partial charge on any atom is -0.324 e. The van der Waals surface area contributed by atoms with Gasteiger partial charge in [0.1, 0.15) is 0 Å². The largest absolute Gasteiger partial charge is 0.335 e. The summed E-state index contributed by atoms with van der Waals surface area (Å²) < 4.78 is 13.9. The van der Waals surface area contributed by atoms with Crippen LogP contribution in [-0.2, 0) is 20.6 Å². The summed E-state index contributed by atoms with van der Waals surface area (Å²) in [5.74, 6) is 0. The molecular weight excluding hydrogens is 692 g/mol. The van der Waals surface area contributed by atoms with Crippen LogP contribution in [0.1, 0.15) is 290 Å². The average molecular weight is 789 g/mol. The highest BCUT2D eigenvalue weighted by Crippen LogP contribution is 2.63. The van der Waals surface area contributed by atoms with E-state index in [-0.39, 0.29) is 10.8 Å². The minimum absolute atomic E-state index is 0.0981. The van der Waals surface area contributed by atoms with Crippen LogP contribution in [0.25, 0.3) is 0 Å². The fraction of sp³-hybridized carbons (Fsp3) is 0.882. The molecule has 3 nitrogen and oxygen atoms in total. The van der Waals surface area contributed by atoms with Gasteiger partial charge in [-0.1, -0.05) is 279 Å². The van der Waals surface area contributed by atoms with E-state index < -0.39 is 12.8 Å². The lowest BCUT2D eigenvalue weighted by Gasteiger charge is -2.38. The van der Waals surface area contributed by atoms with E-state index >= 15 is 0 Å². The molecule has 1 aromatic carbocycles. The maximum Gasteiger partial charge on any atom is 0.335 e. The molecule has 0 saturated carbocycles. The van der Waals surface area contributed by atoms with Crippen LogP contribution in [-0.4, -0.2) is 9.79 Å². The molecule has 1 aromatic rings. The van der Waals surface area contributed by atoms with Gasteiger partial charge in [-0.2, -0.15) is 0 Å². The molecule has 0 atom stereocenters. The molecule has 55 heavy (non-hydrogen) atoms. The molecule has 0 heterocycles. The Hall–Kier alpha value is -0.630. The maximum atomic E-state index is 13.9. The average Bonchev–Trinajstić information content (AvgIpc) is 3.12. The first-order chi connectivity index (χ1) is 26.2. The summed E-state index contributed by atoms with van der Waals surface area (Å²) in [5, 5.41) is -1.11. The van der Waals surface area contributed by atoms with Crippen molar-refractivity contribution in [1.82, 2.24) is 0 Å². The fourth-order valence-corrected chi connectivity index (χ4v) is 9.93. The van der Waals surface area contributed by atoms with E-state index in [0.717, 1.165) is 31.2 Å². The van der Waals surface area contributed by atoms with Crippen molar-refractivity contribution in [3.05, 3.63) is 34.9 Å². The second-order valence-electron chi connectivity index (χ2n) is 20.0. The molecule has 0 bridgehead atoms. The van der Waals surface area contributed by atoms with Crippen molar-refractivity contribution in [2.45, 2.75) is 290 Å². The Morgan fingerprint density at radius 3 is 0.764 bits per heavy atom. The quantitative estimate of drug-likeness (QED) is 0.0526. The molecule has 0 unspecified atom stereocenters. The van der Waals surface area contributed by atoms with E-state index in [0.29, 0.717) is 12.8 Å². The second kappa shape index (κ2) is 30.4. The van der Waals surface area contributed by atoms with E-state index in [1.165, 1.54) is 191 Å². The standard InChI is InChI=1S/C51H97O3P/c1-9-11-13-15-17-19-21-23-25-27-29-31-33-35-37-39-41-51(55(52,53)54,48-44-46(49(3,4)5)43-47(45-48)50(6,7)8)42-40-38-36-34-32-30-28-26-24-22-20-18-16-14-12-10-2/h43-45H,9-42H2,1-8H3,(H2,52,53,54). The van der Waals surface area contributed by atoms with Crippen LogP contribution in [0.15, 0.2) is 18.2 Å². The molecule has 0 aliphatic heterocycles. The second-order valence-corrected chi connectivity index (χ2v) is 21.9. The first-order valence-electron chi connectivity index (χ1n) is 24.4. The lowest BCUT2D eigenvalue weighted by atomic mass is 9.76. The molecular formula is C51H97O3P. The van der Waals surface area contributed by atoms with Crippen LogP contribution in [0, 0.1) is 0 Å². The lowest BCUT2D eigenvalue weighted by molar-refractivity contribution is 0.297. The molecule has 324 valence electrons. The SMILES string of the molecule is CCCCCCCCCCCCCCCCCCC(CCCCCCCCCCCCCCCCCC)(c1cc(C(C)(C)C)cc(C(C)(C)C)c1)P(=O)(O)O. The van der Waals surface area contributed by atoms with Crippen molar-refractivity contribution in [2.75, 3.05) is 0 Å². The first kappa shape index (κ1) is 52.4. The predicted octanol–water partition coefficient (Wildman–Crippen LogP) is 18.0. The summed E-state index contributed by atoms with van der Waals surface area (Å²) in [5.41, 5.74) is 3.07. The van der Waals surface area contributed by atoms with E-state index in [1.807, 2.05) is 0 Å². The number of hydrogen-bond acceptors (Lipinski definition) is 1. The molecule has 0 fully saturated rings. The monoisotopic (exact) mass is 789 g/mol. The van der Waals surface area contributed by atoms with Gasteiger partial charge in [-0.3, -0.25) is 4.57 Å². The molecule has 4 heteroatoms. The van der Waals surface area contributed by atoms with Gasteiger partial charge in [-0.15, -0.1) is 0 Å². The molecule has 0 saturated heterocycles. The Balaban J connectivity index is 2.71. The number of benzene rings is 1. The van der Waals surface area contributed by atoms with Crippen molar-refractivity contribution in [3.8, 4) is 0 Å². The summed E-state index contributed by atoms with van der Waals surface area (Å²) in [6, 6.07) is 6.64. The zero-order valence-corrected chi connectivity index (χ0v) is 39.4. The molecule has 1 rings (SSSR count). The highest BCUT2D eigenvalue weighted by atomic mass is 31.2. The Morgan fingerprint density at radius 2 is 0.564 bits per heavy atom. The zero-order chi connectivity index (χ0) is 40.9. The smallest absolute Gasteiger partial charge is 0.324 e. The third-order valence-electron chi connectivity index (χ3n) is 12.6. The summed E-state index contributed by atoms with van der Waals surface area (Å²) in [7, 11) is -4.45. The Bertz CT molecular complexity index is 1020.